The molecule has 0 spiro atoms. The molecule has 3 heteroatoms. The third-order valence-corrected chi connectivity index (χ3v) is 4.57. The van der Waals surface area contributed by atoms with Crippen molar-refractivity contribution < 1.29 is 0 Å². The summed E-state index contributed by atoms with van der Waals surface area (Å²) in [7, 11) is 0. The summed E-state index contributed by atoms with van der Waals surface area (Å²) in [6, 6.07) is 2.05. The van der Waals surface area contributed by atoms with Crippen LogP contribution in [0.1, 0.15) is 44.9 Å². The largest absolute Gasteiger partial charge is 0.306 e. The van der Waals surface area contributed by atoms with Crippen LogP contribution in [-0.4, -0.2) is 5.54 Å². The van der Waals surface area contributed by atoms with Crippen molar-refractivity contribution in [3.05, 3.63) is 21.3 Å². The van der Waals surface area contributed by atoms with Crippen molar-refractivity contribution in [1.82, 2.24) is 5.32 Å². The Bertz CT molecular complexity index is 283. The van der Waals surface area contributed by atoms with Gasteiger partial charge in [0.1, 0.15) is 0 Å². The van der Waals surface area contributed by atoms with Gasteiger partial charge in [-0.2, -0.15) is 0 Å². The Morgan fingerprint density at radius 3 is 2.27 bits per heavy atom. The summed E-state index contributed by atoms with van der Waals surface area (Å²) >= 11 is 7.62. The number of hydrogen-bond acceptors (Lipinski definition) is 2. The lowest BCUT2D eigenvalue weighted by molar-refractivity contribution is 0.289. The first kappa shape index (κ1) is 13.0. The van der Waals surface area contributed by atoms with Crippen LogP contribution in [0.2, 0.25) is 5.02 Å². The topological polar surface area (TPSA) is 12.0 Å². The van der Waals surface area contributed by atoms with Gasteiger partial charge in [-0.15, -0.1) is 11.3 Å². The zero-order valence-corrected chi connectivity index (χ0v) is 11.3. The van der Waals surface area contributed by atoms with E-state index >= 15 is 0 Å². The molecular weight excluding hydrogens is 226 g/mol. The molecule has 1 heterocycles. The summed E-state index contributed by atoms with van der Waals surface area (Å²) in [4.78, 5) is 1.32. The van der Waals surface area contributed by atoms with Crippen molar-refractivity contribution in [3.63, 3.8) is 0 Å². The zero-order valence-electron chi connectivity index (χ0n) is 9.77. The Morgan fingerprint density at radius 1 is 1.27 bits per heavy atom. The third kappa shape index (κ3) is 3.47. The van der Waals surface area contributed by atoms with Crippen LogP contribution in [0.15, 0.2) is 11.4 Å². The van der Waals surface area contributed by atoms with E-state index in [1.54, 1.807) is 11.3 Å². The lowest BCUT2D eigenvalue weighted by Crippen LogP contribution is -2.42. The van der Waals surface area contributed by atoms with Crippen LogP contribution < -0.4 is 5.32 Å². The average molecular weight is 246 g/mol. The van der Waals surface area contributed by atoms with Gasteiger partial charge in [-0.1, -0.05) is 32.4 Å². The second-order valence-electron chi connectivity index (χ2n) is 3.93. The van der Waals surface area contributed by atoms with Gasteiger partial charge in [0.05, 0.1) is 5.02 Å². The smallest absolute Gasteiger partial charge is 0.0516 e. The molecule has 15 heavy (non-hydrogen) atoms. The molecule has 0 radical (unpaired) electrons. The second kappa shape index (κ2) is 5.88. The van der Waals surface area contributed by atoms with Gasteiger partial charge in [0, 0.05) is 22.3 Å². The molecule has 86 valence electrons. The monoisotopic (exact) mass is 245 g/mol. The van der Waals surface area contributed by atoms with E-state index in [2.05, 4.69) is 26.1 Å². The fraction of sp³-hybridized carbons (Fsp3) is 0.667. The number of rotatable bonds is 6. The molecule has 0 bridgehead atoms. The number of nitrogens with one attached hydrogen (secondary N) is 1. The summed E-state index contributed by atoms with van der Waals surface area (Å²) in [6.07, 6.45) is 3.54. The molecule has 0 saturated heterocycles. The van der Waals surface area contributed by atoms with Crippen LogP contribution in [-0.2, 0) is 6.54 Å². The summed E-state index contributed by atoms with van der Waals surface area (Å²) < 4.78 is 0. The molecule has 0 amide bonds. The Labute approximate surface area is 102 Å². The van der Waals surface area contributed by atoms with E-state index in [9.17, 15) is 0 Å². The fourth-order valence-corrected chi connectivity index (χ4v) is 2.86. The second-order valence-corrected chi connectivity index (χ2v) is 5.36. The van der Waals surface area contributed by atoms with E-state index in [4.69, 9.17) is 11.6 Å². The molecular formula is C12H20ClNS. The van der Waals surface area contributed by atoms with Gasteiger partial charge in [-0.3, -0.25) is 0 Å². The highest BCUT2D eigenvalue weighted by Crippen LogP contribution is 2.23. The van der Waals surface area contributed by atoms with E-state index in [1.807, 2.05) is 11.4 Å². The summed E-state index contributed by atoms with van der Waals surface area (Å²) in [5, 5.41) is 6.51. The van der Waals surface area contributed by atoms with Crippen LogP contribution >= 0.6 is 22.9 Å². The Morgan fingerprint density at radius 2 is 1.87 bits per heavy atom. The van der Waals surface area contributed by atoms with Crippen molar-refractivity contribution in [1.29, 1.82) is 0 Å². The summed E-state index contributed by atoms with van der Waals surface area (Å²) in [6.45, 7) is 7.69. The van der Waals surface area contributed by atoms with E-state index < -0.39 is 0 Å². The highest BCUT2D eigenvalue weighted by molar-refractivity contribution is 7.10. The van der Waals surface area contributed by atoms with Gasteiger partial charge >= 0.3 is 0 Å². The zero-order chi connectivity index (χ0) is 11.3. The Hall–Kier alpha value is -0.0500. The first-order chi connectivity index (χ1) is 7.15. The molecule has 0 saturated carbocycles. The van der Waals surface area contributed by atoms with Gasteiger partial charge in [-0.05, 0) is 25.3 Å². The number of thiophene rings is 1. The maximum Gasteiger partial charge on any atom is 0.0516 e. The van der Waals surface area contributed by atoms with Crippen LogP contribution in [0, 0.1) is 0 Å². The molecule has 1 aromatic heterocycles. The highest BCUT2D eigenvalue weighted by atomic mass is 35.5. The summed E-state index contributed by atoms with van der Waals surface area (Å²) in [5.74, 6) is 0. The maximum atomic E-state index is 5.89. The van der Waals surface area contributed by atoms with Crippen LogP contribution in [0.3, 0.4) is 0 Å². The molecule has 0 aromatic carbocycles. The predicted molar refractivity (Wildman–Crippen MR) is 69.8 cm³/mol. The lowest BCUT2D eigenvalue weighted by atomic mass is 9.90. The minimum atomic E-state index is 0.302. The number of hydrogen-bond donors (Lipinski definition) is 1. The maximum absolute atomic E-state index is 5.89. The van der Waals surface area contributed by atoms with Gasteiger partial charge < -0.3 is 5.32 Å². The minimum absolute atomic E-state index is 0.302. The van der Waals surface area contributed by atoms with Crippen molar-refractivity contribution in [3.8, 4) is 0 Å². The highest BCUT2D eigenvalue weighted by Gasteiger charge is 2.22. The van der Waals surface area contributed by atoms with Crippen molar-refractivity contribution in [2.75, 3.05) is 0 Å². The molecule has 0 fully saturated rings. The standard InChI is InChI=1S/C12H20ClNS/c1-4-12(5-2,6-3)14-8-11-7-10(13)9-15-11/h7,9,14H,4-6,8H2,1-3H3. The molecule has 0 aliphatic heterocycles. The number of halogens is 1. The van der Waals surface area contributed by atoms with Crippen molar-refractivity contribution in [2.24, 2.45) is 0 Å². The van der Waals surface area contributed by atoms with Gasteiger partial charge in [0.2, 0.25) is 0 Å². The molecule has 1 N–H and O–H groups in total. The fourth-order valence-electron chi connectivity index (χ4n) is 1.85. The van der Waals surface area contributed by atoms with E-state index in [0.29, 0.717) is 5.54 Å². The van der Waals surface area contributed by atoms with Crippen molar-refractivity contribution in [2.45, 2.75) is 52.1 Å². The third-order valence-electron chi connectivity index (χ3n) is 3.29. The molecule has 1 rings (SSSR count). The van der Waals surface area contributed by atoms with Crippen LogP contribution in [0.25, 0.3) is 0 Å². The van der Waals surface area contributed by atoms with E-state index in [-0.39, 0.29) is 0 Å². The van der Waals surface area contributed by atoms with Crippen molar-refractivity contribution >= 4 is 22.9 Å². The SMILES string of the molecule is CCC(CC)(CC)NCc1cc(Cl)cs1. The van der Waals surface area contributed by atoms with Gasteiger partial charge in [0.15, 0.2) is 0 Å². The molecule has 0 atom stereocenters. The first-order valence-electron chi connectivity index (χ1n) is 5.63. The minimum Gasteiger partial charge on any atom is -0.306 e. The lowest BCUT2D eigenvalue weighted by Gasteiger charge is -2.31. The van der Waals surface area contributed by atoms with Gasteiger partial charge in [0.25, 0.3) is 0 Å². The molecule has 0 aliphatic carbocycles. The van der Waals surface area contributed by atoms with E-state index in [0.717, 1.165) is 11.6 Å². The Kier molecular flexibility index (Phi) is 5.10. The normalized spacial score (nSPS) is 12.0. The van der Waals surface area contributed by atoms with Gasteiger partial charge in [-0.25, -0.2) is 0 Å². The predicted octanol–water partition coefficient (Wildman–Crippen LogP) is 4.46. The summed E-state index contributed by atoms with van der Waals surface area (Å²) in [5.41, 5.74) is 0.302. The molecule has 0 unspecified atom stereocenters. The average Bonchev–Trinajstić information content (AvgIpc) is 2.67. The molecule has 1 nitrogen and oxygen atoms in total. The Balaban J connectivity index is 2.54. The van der Waals surface area contributed by atoms with Crippen LogP contribution in [0.4, 0.5) is 0 Å². The molecule has 1 aromatic rings. The van der Waals surface area contributed by atoms with E-state index in [1.165, 1.54) is 24.1 Å². The van der Waals surface area contributed by atoms with Crippen LogP contribution in [0.5, 0.6) is 0 Å². The molecule has 0 aliphatic rings. The quantitative estimate of drug-likeness (QED) is 0.780. The first-order valence-corrected chi connectivity index (χ1v) is 6.89.